The van der Waals surface area contributed by atoms with Crippen LogP contribution in [0.3, 0.4) is 0 Å². The van der Waals surface area contributed by atoms with Crippen molar-refractivity contribution in [2.75, 3.05) is 6.61 Å². The van der Waals surface area contributed by atoms with Gasteiger partial charge in [0.05, 0.1) is 11.5 Å². The Morgan fingerprint density at radius 3 is 2.69 bits per heavy atom. The van der Waals surface area contributed by atoms with Crippen LogP contribution in [0.4, 0.5) is 0 Å². The van der Waals surface area contributed by atoms with E-state index in [0.717, 1.165) is 4.88 Å². The number of fused-ring (bicyclic) bond motifs is 1. The number of esters is 2. The number of carbonyl (C=O) groups excluding carboxylic acids is 2. The summed E-state index contributed by atoms with van der Waals surface area (Å²) in [6, 6.07) is 3.79. The lowest BCUT2D eigenvalue weighted by Crippen LogP contribution is -2.36. The summed E-state index contributed by atoms with van der Waals surface area (Å²) >= 11 is 9.75. The third kappa shape index (κ3) is 3.96. The fourth-order valence-corrected chi connectivity index (χ4v) is 4.69. The molecule has 0 radical (unpaired) electrons. The topological polar surface area (TPSA) is 105 Å². The minimum absolute atomic E-state index is 0.0572. The normalized spacial score (nSPS) is 21.4. The monoisotopic (exact) mass is 548 g/mol. The molecule has 0 N–H and O–H groups in total. The van der Waals surface area contributed by atoms with Crippen molar-refractivity contribution < 1.29 is 23.8 Å². The predicted octanol–water partition coefficient (Wildman–Crippen LogP) is 3.21. The summed E-state index contributed by atoms with van der Waals surface area (Å²) in [6.45, 7) is 2.63. The van der Waals surface area contributed by atoms with E-state index in [2.05, 4.69) is 15.0 Å². The summed E-state index contributed by atoms with van der Waals surface area (Å²) in [5, 5.41) is 2.12. The number of thiophene rings is 1. The third-order valence-corrected chi connectivity index (χ3v) is 5.78. The van der Waals surface area contributed by atoms with Crippen LogP contribution in [0, 0.1) is 3.83 Å². The molecule has 0 aliphatic carbocycles. The van der Waals surface area contributed by atoms with Crippen molar-refractivity contribution in [3.8, 4) is 10.7 Å². The Morgan fingerprint density at radius 1 is 1.28 bits per heavy atom. The summed E-state index contributed by atoms with van der Waals surface area (Å²) in [4.78, 5) is 37.4. The molecular formula is C17H14ClIN4O5S. The van der Waals surface area contributed by atoms with Crippen molar-refractivity contribution >= 4 is 68.6 Å². The average molecular weight is 549 g/mol. The first kappa shape index (κ1) is 20.4. The van der Waals surface area contributed by atoms with E-state index in [9.17, 15) is 9.59 Å². The molecule has 0 bridgehead atoms. The summed E-state index contributed by atoms with van der Waals surface area (Å²) in [5.74, 6) is -0.476. The van der Waals surface area contributed by atoms with Crippen LogP contribution in [0.15, 0.2) is 17.5 Å². The molecule has 0 spiro atoms. The number of hydrogen-bond donors (Lipinski definition) is 0. The molecule has 1 saturated heterocycles. The van der Waals surface area contributed by atoms with Gasteiger partial charge in [-0.1, -0.05) is 17.7 Å². The molecule has 3 aromatic rings. The van der Waals surface area contributed by atoms with Crippen LogP contribution in [0.2, 0.25) is 5.15 Å². The third-order valence-electron chi connectivity index (χ3n) is 4.16. The highest BCUT2D eigenvalue weighted by atomic mass is 127. The Balaban J connectivity index is 1.90. The maximum atomic E-state index is 11.7. The number of ether oxygens (including phenoxy) is 3. The van der Waals surface area contributed by atoms with Crippen LogP contribution in [-0.4, -0.2) is 50.3 Å². The van der Waals surface area contributed by atoms with Gasteiger partial charge in [-0.15, -0.1) is 11.3 Å². The van der Waals surface area contributed by atoms with Crippen LogP contribution in [0.25, 0.3) is 21.9 Å². The van der Waals surface area contributed by atoms with Crippen molar-refractivity contribution in [1.82, 2.24) is 19.5 Å². The molecule has 3 atom stereocenters. The first-order valence-electron chi connectivity index (χ1n) is 8.46. The van der Waals surface area contributed by atoms with E-state index in [4.69, 9.17) is 25.8 Å². The molecule has 1 fully saturated rings. The van der Waals surface area contributed by atoms with Gasteiger partial charge in [0.25, 0.3) is 0 Å². The fourth-order valence-electron chi connectivity index (χ4n) is 3.16. The minimum Gasteiger partial charge on any atom is -0.456 e. The zero-order chi connectivity index (χ0) is 20.7. The highest BCUT2D eigenvalue weighted by Gasteiger charge is 2.45. The van der Waals surface area contributed by atoms with Gasteiger partial charge < -0.3 is 14.2 Å². The molecule has 3 aromatic heterocycles. The van der Waals surface area contributed by atoms with Gasteiger partial charge in [-0.25, -0.2) is 15.0 Å². The quantitative estimate of drug-likeness (QED) is 0.212. The Bertz CT molecular complexity index is 1090. The number of imidazole rings is 1. The summed E-state index contributed by atoms with van der Waals surface area (Å²) in [6.07, 6.45) is -2.45. The average Bonchev–Trinajstić information content (AvgIpc) is 3.34. The maximum absolute atomic E-state index is 11.7. The second kappa shape index (κ2) is 8.13. The van der Waals surface area contributed by atoms with Crippen molar-refractivity contribution in [2.45, 2.75) is 32.3 Å². The van der Waals surface area contributed by atoms with Gasteiger partial charge in [-0.3, -0.25) is 14.2 Å². The fraction of sp³-hybridized carbons (Fsp3) is 0.353. The molecule has 12 heteroatoms. The van der Waals surface area contributed by atoms with E-state index in [0.29, 0.717) is 20.8 Å². The predicted molar refractivity (Wildman–Crippen MR) is 112 cm³/mol. The van der Waals surface area contributed by atoms with Gasteiger partial charge in [-0.05, 0) is 11.4 Å². The summed E-state index contributed by atoms with van der Waals surface area (Å²) in [7, 11) is 0. The van der Waals surface area contributed by atoms with E-state index in [1.54, 1.807) is 4.57 Å². The Labute approximate surface area is 187 Å². The first-order valence-corrected chi connectivity index (χ1v) is 10.8. The number of aromatic nitrogens is 4. The highest BCUT2D eigenvalue weighted by Crippen LogP contribution is 2.38. The summed E-state index contributed by atoms with van der Waals surface area (Å²) in [5.41, 5.74) is 0.833. The van der Waals surface area contributed by atoms with Gasteiger partial charge in [0.1, 0.15) is 5.52 Å². The van der Waals surface area contributed by atoms with E-state index >= 15 is 0 Å². The van der Waals surface area contributed by atoms with Gasteiger partial charge in [0.2, 0.25) is 0 Å². The molecule has 9 nitrogen and oxygen atoms in total. The molecule has 0 aromatic carbocycles. The summed E-state index contributed by atoms with van der Waals surface area (Å²) < 4.78 is 18.9. The van der Waals surface area contributed by atoms with Crippen molar-refractivity contribution in [3.05, 3.63) is 26.5 Å². The molecule has 0 amide bonds. The van der Waals surface area contributed by atoms with Crippen molar-refractivity contribution in [2.24, 2.45) is 0 Å². The maximum Gasteiger partial charge on any atom is 0.303 e. The van der Waals surface area contributed by atoms with Crippen molar-refractivity contribution in [1.29, 1.82) is 0 Å². The molecular weight excluding hydrogens is 535 g/mol. The van der Waals surface area contributed by atoms with E-state index < -0.39 is 30.4 Å². The Kier molecular flexibility index (Phi) is 5.73. The van der Waals surface area contributed by atoms with E-state index in [-0.39, 0.29) is 11.8 Å². The lowest BCUT2D eigenvalue weighted by atomic mass is 10.2. The molecule has 29 heavy (non-hydrogen) atoms. The second-order valence-corrected chi connectivity index (χ2v) is 8.45. The largest absolute Gasteiger partial charge is 0.456 e. The van der Waals surface area contributed by atoms with Gasteiger partial charge >= 0.3 is 11.9 Å². The molecule has 152 valence electrons. The molecule has 0 saturated carbocycles. The molecule has 0 unspecified atom stereocenters. The smallest absolute Gasteiger partial charge is 0.303 e. The molecule has 4 heterocycles. The zero-order valence-corrected chi connectivity index (χ0v) is 18.9. The van der Waals surface area contributed by atoms with Crippen LogP contribution in [0.1, 0.15) is 20.1 Å². The Hall–Kier alpha value is -1.83. The number of rotatable bonds is 4. The number of carbonyl (C=O) groups is 2. The van der Waals surface area contributed by atoms with Crippen LogP contribution < -0.4 is 0 Å². The van der Waals surface area contributed by atoms with Crippen molar-refractivity contribution in [3.63, 3.8) is 0 Å². The number of hydrogen-bond acceptors (Lipinski definition) is 9. The van der Waals surface area contributed by atoms with Crippen LogP contribution in [-0.2, 0) is 23.8 Å². The highest BCUT2D eigenvalue weighted by molar-refractivity contribution is 14.1. The van der Waals surface area contributed by atoms with Crippen LogP contribution >= 0.6 is 45.5 Å². The minimum atomic E-state index is -0.876. The standard InChI is InChI=1S/C17H14ClIN4O5S/c1-7(24)27-9-6-26-16(12(9)28-8(2)25)23-14(10-4-3-5-29-10)20-11-13(18)21-17(19)22-15(11)23/h3-5,9,12,16H,6H2,1-2H3/t9-,12-,16-/m1/s1. The zero-order valence-electron chi connectivity index (χ0n) is 15.2. The van der Waals surface area contributed by atoms with E-state index in [1.165, 1.54) is 25.2 Å². The number of halogens is 2. The lowest BCUT2D eigenvalue weighted by molar-refractivity contribution is -0.164. The first-order chi connectivity index (χ1) is 13.8. The second-order valence-electron chi connectivity index (χ2n) is 6.18. The molecule has 1 aliphatic rings. The lowest BCUT2D eigenvalue weighted by Gasteiger charge is -2.24. The van der Waals surface area contributed by atoms with Crippen LogP contribution in [0.5, 0.6) is 0 Å². The van der Waals surface area contributed by atoms with Gasteiger partial charge in [0, 0.05) is 36.4 Å². The molecule has 4 rings (SSSR count). The number of nitrogens with zero attached hydrogens (tertiary/aromatic N) is 4. The Morgan fingerprint density at radius 2 is 2.03 bits per heavy atom. The van der Waals surface area contributed by atoms with Gasteiger partial charge in [0.15, 0.2) is 38.9 Å². The SMILES string of the molecule is CC(=O)O[C@H]1[C@H](n2c(-c3cccs3)nc3c(Cl)nc(I)nc32)OC[C@H]1OC(C)=O. The van der Waals surface area contributed by atoms with Gasteiger partial charge in [-0.2, -0.15) is 0 Å². The van der Waals surface area contributed by atoms with E-state index in [1.807, 2.05) is 40.1 Å². The molecule has 1 aliphatic heterocycles.